The molecule has 6 nitrogen and oxygen atoms in total. The van der Waals surface area contributed by atoms with Crippen molar-refractivity contribution in [2.45, 2.75) is 6.92 Å². The van der Waals surface area contributed by atoms with E-state index in [1.807, 2.05) is 0 Å². The van der Waals surface area contributed by atoms with E-state index in [-0.39, 0.29) is 11.4 Å². The number of aryl methyl sites for hydroxylation is 1. The lowest BCUT2D eigenvalue weighted by atomic mass is 10.2. The normalized spacial score (nSPS) is 9.62. The van der Waals surface area contributed by atoms with Crippen molar-refractivity contribution in [3.63, 3.8) is 0 Å². The topological polar surface area (TPSA) is 99.1 Å². The summed E-state index contributed by atoms with van der Waals surface area (Å²) in [6.07, 6.45) is 1.01. The van der Waals surface area contributed by atoms with Crippen LogP contribution < -0.4 is 5.73 Å². The molecule has 0 fully saturated rings. The zero-order valence-corrected chi connectivity index (χ0v) is 6.85. The van der Waals surface area contributed by atoms with E-state index < -0.39 is 10.8 Å². The second kappa shape index (κ2) is 3.18. The lowest BCUT2D eigenvalue weighted by molar-refractivity contribution is -0.385. The quantitative estimate of drug-likeness (QED) is 0.527. The van der Waals surface area contributed by atoms with Crippen LogP contribution in [-0.2, 0) is 0 Å². The Bertz CT molecular complexity index is 375. The zero-order valence-electron chi connectivity index (χ0n) is 6.85. The molecule has 0 aliphatic rings. The van der Waals surface area contributed by atoms with Gasteiger partial charge in [-0.05, 0) is 12.5 Å². The molecule has 1 aromatic heterocycles. The number of nitrogens with two attached hydrogens (primary N) is 1. The maximum Gasteiger partial charge on any atom is 0.287 e. The van der Waals surface area contributed by atoms with E-state index in [1.165, 1.54) is 6.07 Å². The lowest BCUT2D eigenvalue weighted by Gasteiger charge is -1.98. The molecule has 0 aliphatic carbocycles. The maximum absolute atomic E-state index is 10.7. The van der Waals surface area contributed by atoms with E-state index in [0.29, 0.717) is 5.56 Å². The van der Waals surface area contributed by atoms with Gasteiger partial charge in [0.15, 0.2) is 0 Å². The van der Waals surface area contributed by atoms with Gasteiger partial charge in [-0.2, -0.15) is 0 Å². The van der Waals surface area contributed by atoms with Crippen LogP contribution in [0, 0.1) is 17.0 Å². The summed E-state index contributed by atoms with van der Waals surface area (Å²) in [4.78, 5) is 24.0. The first-order valence-corrected chi connectivity index (χ1v) is 3.43. The van der Waals surface area contributed by atoms with E-state index in [4.69, 9.17) is 5.73 Å². The number of nitro groups is 1. The molecule has 1 heterocycles. The number of pyridine rings is 1. The number of hydrogen-bond acceptors (Lipinski definition) is 4. The summed E-state index contributed by atoms with van der Waals surface area (Å²) in [5.41, 5.74) is 5.28. The first-order valence-electron chi connectivity index (χ1n) is 3.43. The molecule has 0 radical (unpaired) electrons. The third-order valence-electron chi connectivity index (χ3n) is 1.51. The van der Waals surface area contributed by atoms with Crippen molar-refractivity contribution in [3.8, 4) is 0 Å². The van der Waals surface area contributed by atoms with E-state index in [9.17, 15) is 14.9 Å². The Morgan fingerprint density at radius 3 is 2.69 bits per heavy atom. The van der Waals surface area contributed by atoms with Crippen LogP contribution in [0.15, 0.2) is 12.3 Å². The number of aromatic nitrogens is 1. The standard InChI is InChI=1S/C7H7N3O3/c1-4-2-5(10(12)13)3-9-6(4)7(8)11/h2-3H,1H3,(H2,8,11). The molecule has 6 heteroatoms. The van der Waals surface area contributed by atoms with Gasteiger partial charge in [0.05, 0.1) is 4.92 Å². The van der Waals surface area contributed by atoms with Crippen LogP contribution in [0.2, 0.25) is 0 Å². The fourth-order valence-corrected chi connectivity index (χ4v) is 0.918. The molecule has 68 valence electrons. The third-order valence-corrected chi connectivity index (χ3v) is 1.51. The molecule has 1 amide bonds. The zero-order chi connectivity index (χ0) is 10.0. The van der Waals surface area contributed by atoms with Crippen LogP contribution in [0.25, 0.3) is 0 Å². The van der Waals surface area contributed by atoms with E-state index >= 15 is 0 Å². The third kappa shape index (κ3) is 1.78. The summed E-state index contributed by atoms with van der Waals surface area (Å²) in [5.74, 6) is -0.688. The predicted molar refractivity (Wildman–Crippen MR) is 44.1 cm³/mol. The van der Waals surface area contributed by atoms with Crippen molar-refractivity contribution in [1.82, 2.24) is 4.98 Å². The van der Waals surface area contributed by atoms with Gasteiger partial charge < -0.3 is 5.73 Å². The fraction of sp³-hybridized carbons (Fsp3) is 0.143. The second-order valence-corrected chi connectivity index (χ2v) is 2.48. The fourth-order valence-electron chi connectivity index (χ4n) is 0.918. The molecule has 0 bridgehead atoms. The van der Waals surface area contributed by atoms with Crippen LogP contribution in [0.4, 0.5) is 5.69 Å². The second-order valence-electron chi connectivity index (χ2n) is 2.48. The number of carbonyl (C=O) groups excluding carboxylic acids is 1. The highest BCUT2D eigenvalue weighted by Crippen LogP contribution is 2.13. The van der Waals surface area contributed by atoms with Crippen LogP contribution in [-0.4, -0.2) is 15.8 Å². The summed E-state index contributed by atoms with van der Waals surface area (Å²) in [5, 5.41) is 10.3. The molecule has 0 spiro atoms. The number of rotatable bonds is 2. The number of carbonyl (C=O) groups is 1. The molecule has 0 unspecified atom stereocenters. The number of primary amides is 1. The highest BCUT2D eigenvalue weighted by molar-refractivity contribution is 5.92. The first-order chi connectivity index (χ1) is 6.02. The van der Waals surface area contributed by atoms with Gasteiger partial charge in [-0.3, -0.25) is 14.9 Å². The molecule has 1 rings (SSSR count). The number of hydrogen-bond donors (Lipinski definition) is 1. The van der Waals surface area contributed by atoms with Gasteiger partial charge in [-0.25, -0.2) is 4.98 Å². The van der Waals surface area contributed by atoms with Gasteiger partial charge in [0.2, 0.25) is 0 Å². The SMILES string of the molecule is Cc1cc([N+](=O)[O-])cnc1C(N)=O. The Hall–Kier alpha value is -1.98. The van der Waals surface area contributed by atoms with Gasteiger partial charge in [-0.1, -0.05) is 0 Å². The molecule has 0 aromatic carbocycles. The Morgan fingerprint density at radius 1 is 1.69 bits per heavy atom. The molecular weight excluding hydrogens is 174 g/mol. The van der Waals surface area contributed by atoms with Gasteiger partial charge >= 0.3 is 0 Å². The molecule has 13 heavy (non-hydrogen) atoms. The van der Waals surface area contributed by atoms with Crippen molar-refractivity contribution >= 4 is 11.6 Å². The smallest absolute Gasteiger partial charge is 0.287 e. The van der Waals surface area contributed by atoms with Gasteiger partial charge in [0.1, 0.15) is 11.9 Å². The molecule has 2 N–H and O–H groups in total. The summed E-state index contributed by atoms with van der Waals surface area (Å²) in [6.45, 7) is 1.54. The summed E-state index contributed by atoms with van der Waals surface area (Å²) < 4.78 is 0. The number of nitrogens with zero attached hydrogens (tertiary/aromatic N) is 2. The largest absolute Gasteiger partial charge is 0.364 e. The lowest BCUT2D eigenvalue weighted by Crippen LogP contribution is -2.14. The van der Waals surface area contributed by atoms with E-state index in [2.05, 4.69) is 4.98 Å². The first kappa shape index (κ1) is 9.11. The van der Waals surface area contributed by atoms with E-state index in [0.717, 1.165) is 6.20 Å². The van der Waals surface area contributed by atoms with Gasteiger partial charge in [0.25, 0.3) is 11.6 Å². The van der Waals surface area contributed by atoms with Crippen LogP contribution in [0.3, 0.4) is 0 Å². The number of amides is 1. The average molecular weight is 181 g/mol. The molecule has 1 aromatic rings. The van der Waals surface area contributed by atoms with Crippen LogP contribution in [0.5, 0.6) is 0 Å². The highest BCUT2D eigenvalue weighted by atomic mass is 16.6. The van der Waals surface area contributed by atoms with Crippen LogP contribution >= 0.6 is 0 Å². The summed E-state index contributed by atoms with van der Waals surface area (Å²) >= 11 is 0. The van der Waals surface area contributed by atoms with Crippen molar-refractivity contribution in [3.05, 3.63) is 33.6 Å². The molecular formula is C7H7N3O3. The molecule has 0 saturated heterocycles. The predicted octanol–water partition coefficient (Wildman–Crippen LogP) is 0.397. The van der Waals surface area contributed by atoms with Gasteiger partial charge in [0, 0.05) is 6.07 Å². The minimum Gasteiger partial charge on any atom is -0.364 e. The van der Waals surface area contributed by atoms with Crippen molar-refractivity contribution in [2.24, 2.45) is 5.73 Å². The van der Waals surface area contributed by atoms with Crippen LogP contribution in [0.1, 0.15) is 16.1 Å². The minimum absolute atomic E-state index is 0.0607. The van der Waals surface area contributed by atoms with Gasteiger partial charge in [-0.15, -0.1) is 0 Å². The molecule has 0 aliphatic heterocycles. The van der Waals surface area contributed by atoms with E-state index in [1.54, 1.807) is 6.92 Å². The Kier molecular flexibility index (Phi) is 2.23. The minimum atomic E-state index is -0.688. The Balaban J connectivity index is 3.20. The summed E-state index contributed by atoms with van der Waals surface area (Å²) in [6, 6.07) is 1.26. The monoisotopic (exact) mass is 181 g/mol. The molecule has 0 saturated carbocycles. The summed E-state index contributed by atoms with van der Waals surface area (Å²) in [7, 11) is 0. The Morgan fingerprint density at radius 2 is 2.31 bits per heavy atom. The maximum atomic E-state index is 10.7. The average Bonchev–Trinajstić information content (AvgIpc) is 2.03. The Labute approximate surface area is 73.5 Å². The molecule has 0 atom stereocenters. The van der Waals surface area contributed by atoms with Crippen molar-refractivity contribution in [2.75, 3.05) is 0 Å². The van der Waals surface area contributed by atoms with Crippen molar-refractivity contribution < 1.29 is 9.72 Å². The highest BCUT2D eigenvalue weighted by Gasteiger charge is 2.12. The van der Waals surface area contributed by atoms with Crippen molar-refractivity contribution in [1.29, 1.82) is 0 Å².